The van der Waals surface area contributed by atoms with Gasteiger partial charge in [0.15, 0.2) is 0 Å². The van der Waals surface area contributed by atoms with Gasteiger partial charge < -0.3 is 0 Å². The molecule has 0 aliphatic rings. The summed E-state index contributed by atoms with van der Waals surface area (Å²) in [5.41, 5.74) is 3.12. The van der Waals surface area contributed by atoms with Crippen LogP contribution >= 0.6 is 0 Å². The van der Waals surface area contributed by atoms with Gasteiger partial charge in [0, 0.05) is 0 Å². The van der Waals surface area contributed by atoms with Crippen LogP contribution in [0.1, 0.15) is 59.8 Å². The van der Waals surface area contributed by atoms with Crippen molar-refractivity contribution >= 4 is 0 Å². The predicted octanol–water partition coefficient (Wildman–Crippen LogP) is 4.87. The van der Waals surface area contributed by atoms with Crippen molar-refractivity contribution in [1.29, 1.82) is 0 Å². The SMILES string of the molecule is CC=C(CCC)C(=CC)CCCC. The second-order valence-corrected chi connectivity index (χ2v) is 3.48. The van der Waals surface area contributed by atoms with Crippen LogP contribution in [0, 0.1) is 0 Å². The molecule has 0 aromatic heterocycles. The summed E-state index contributed by atoms with van der Waals surface area (Å²) in [5.74, 6) is 0. The number of hydrogen-bond acceptors (Lipinski definition) is 0. The minimum Gasteiger partial charge on any atom is -0.0842 e. The minimum absolute atomic E-state index is 1.24. The molecule has 0 aliphatic heterocycles. The largest absolute Gasteiger partial charge is 0.0842 e. The molecule has 0 atom stereocenters. The highest BCUT2D eigenvalue weighted by atomic mass is 14.1. The summed E-state index contributed by atoms with van der Waals surface area (Å²) in [6.07, 6.45) is 10.9. The van der Waals surface area contributed by atoms with Gasteiger partial charge in [-0.15, -0.1) is 0 Å². The normalized spacial score (nSPS) is 13.5. The van der Waals surface area contributed by atoms with E-state index >= 15 is 0 Å². The van der Waals surface area contributed by atoms with Gasteiger partial charge in [-0.3, -0.25) is 0 Å². The van der Waals surface area contributed by atoms with Gasteiger partial charge in [0.05, 0.1) is 0 Å². The topological polar surface area (TPSA) is 0 Å². The van der Waals surface area contributed by atoms with E-state index < -0.39 is 0 Å². The van der Waals surface area contributed by atoms with Crippen LogP contribution in [0.4, 0.5) is 0 Å². The van der Waals surface area contributed by atoms with Gasteiger partial charge in [-0.25, -0.2) is 0 Å². The molecule has 0 spiro atoms. The molecule has 0 heterocycles. The zero-order chi connectivity index (χ0) is 10.1. The van der Waals surface area contributed by atoms with E-state index in [2.05, 4.69) is 39.8 Å². The van der Waals surface area contributed by atoms with Crippen molar-refractivity contribution in [2.45, 2.75) is 59.8 Å². The highest BCUT2D eigenvalue weighted by Crippen LogP contribution is 2.21. The first-order valence-electron chi connectivity index (χ1n) is 5.60. The highest BCUT2D eigenvalue weighted by molar-refractivity contribution is 5.29. The van der Waals surface area contributed by atoms with E-state index in [9.17, 15) is 0 Å². The first-order chi connectivity index (χ1) is 6.29. The Bertz CT molecular complexity index is 172. The molecule has 76 valence electrons. The molecule has 0 aromatic carbocycles. The lowest BCUT2D eigenvalue weighted by Crippen LogP contribution is -1.90. The van der Waals surface area contributed by atoms with E-state index in [-0.39, 0.29) is 0 Å². The van der Waals surface area contributed by atoms with E-state index in [0.29, 0.717) is 0 Å². The number of rotatable bonds is 6. The fourth-order valence-electron chi connectivity index (χ4n) is 1.62. The maximum atomic E-state index is 2.28. The fourth-order valence-corrected chi connectivity index (χ4v) is 1.62. The smallest absolute Gasteiger partial charge is 0.0280 e. The third kappa shape index (κ3) is 4.92. The van der Waals surface area contributed by atoms with E-state index in [1.54, 1.807) is 11.1 Å². The van der Waals surface area contributed by atoms with Crippen molar-refractivity contribution in [1.82, 2.24) is 0 Å². The summed E-state index contributed by atoms with van der Waals surface area (Å²) < 4.78 is 0. The van der Waals surface area contributed by atoms with E-state index in [0.717, 1.165) is 0 Å². The average molecular weight is 180 g/mol. The lowest BCUT2D eigenvalue weighted by Gasteiger charge is -2.10. The standard InChI is InChI=1S/C13H24/c1-5-9-11-13(8-4)12(7-3)10-6-2/h7-8H,5-6,9-11H2,1-4H3. The number of unbranched alkanes of at least 4 members (excludes halogenated alkanes) is 1. The van der Waals surface area contributed by atoms with Crippen molar-refractivity contribution < 1.29 is 0 Å². The highest BCUT2D eigenvalue weighted by Gasteiger charge is 2.01. The summed E-state index contributed by atoms with van der Waals surface area (Å²) in [6, 6.07) is 0. The Hall–Kier alpha value is -0.520. The molecule has 0 aromatic rings. The average Bonchev–Trinajstić information content (AvgIpc) is 2.17. The van der Waals surface area contributed by atoms with E-state index in [1.807, 2.05) is 0 Å². The van der Waals surface area contributed by atoms with Gasteiger partial charge >= 0.3 is 0 Å². The Labute approximate surface area is 83.7 Å². The Kier molecular flexibility index (Phi) is 7.77. The quantitative estimate of drug-likeness (QED) is 0.512. The molecule has 0 bridgehead atoms. The van der Waals surface area contributed by atoms with Crippen LogP contribution in [0.3, 0.4) is 0 Å². The van der Waals surface area contributed by atoms with Crippen molar-refractivity contribution in [3.63, 3.8) is 0 Å². The summed E-state index contributed by atoms with van der Waals surface area (Å²) in [5, 5.41) is 0. The summed E-state index contributed by atoms with van der Waals surface area (Å²) in [4.78, 5) is 0. The van der Waals surface area contributed by atoms with Gasteiger partial charge in [-0.1, -0.05) is 38.8 Å². The van der Waals surface area contributed by atoms with Crippen LogP contribution in [-0.4, -0.2) is 0 Å². The zero-order valence-electron chi connectivity index (χ0n) is 9.69. The van der Waals surface area contributed by atoms with Crippen LogP contribution in [0.5, 0.6) is 0 Å². The van der Waals surface area contributed by atoms with Gasteiger partial charge in [-0.2, -0.15) is 0 Å². The molecule has 0 saturated carbocycles. The molecule has 0 radical (unpaired) electrons. The number of hydrogen-bond donors (Lipinski definition) is 0. The molecular formula is C13H24. The predicted molar refractivity (Wildman–Crippen MR) is 61.9 cm³/mol. The van der Waals surface area contributed by atoms with Gasteiger partial charge in [0.1, 0.15) is 0 Å². The molecule has 0 amide bonds. The Morgan fingerprint density at radius 2 is 1.38 bits per heavy atom. The third-order valence-electron chi connectivity index (χ3n) is 2.43. The molecule has 0 saturated heterocycles. The maximum Gasteiger partial charge on any atom is -0.0280 e. The first-order valence-corrected chi connectivity index (χ1v) is 5.60. The van der Waals surface area contributed by atoms with Crippen molar-refractivity contribution in [3.05, 3.63) is 23.3 Å². The molecular weight excluding hydrogens is 156 g/mol. The molecule has 0 rings (SSSR count). The summed E-state index contributed by atoms with van der Waals surface area (Å²) >= 11 is 0. The van der Waals surface area contributed by atoms with Gasteiger partial charge in [0.2, 0.25) is 0 Å². The van der Waals surface area contributed by atoms with Crippen molar-refractivity contribution in [2.24, 2.45) is 0 Å². The number of allylic oxidation sites excluding steroid dienone is 4. The van der Waals surface area contributed by atoms with E-state index in [1.165, 1.54) is 32.1 Å². The maximum absolute atomic E-state index is 2.28. The second-order valence-electron chi connectivity index (χ2n) is 3.48. The third-order valence-corrected chi connectivity index (χ3v) is 2.43. The molecule has 0 heteroatoms. The van der Waals surface area contributed by atoms with E-state index in [4.69, 9.17) is 0 Å². The van der Waals surface area contributed by atoms with Crippen LogP contribution in [0.25, 0.3) is 0 Å². The minimum atomic E-state index is 1.24. The Morgan fingerprint density at radius 1 is 0.846 bits per heavy atom. The van der Waals surface area contributed by atoms with Crippen LogP contribution < -0.4 is 0 Å². The fraction of sp³-hybridized carbons (Fsp3) is 0.692. The summed E-state index contributed by atoms with van der Waals surface area (Å²) in [6.45, 7) is 8.81. The Balaban J connectivity index is 4.20. The molecule has 0 nitrogen and oxygen atoms in total. The lowest BCUT2D eigenvalue weighted by atomic mass is 9.96. The molecule has 0 unspecified atom stereocenters. The molecule has 0 N–H and O–H groups in total. The Morgan fingerprint density at radius 3 is 1.77 bits per heavy atom. The first kappa shape index (κ1) is 12.5. The molecule has 13 heavy (non-hydrogen) atoms. The van der Waals surface area contributed by atoms with Crippen LogP contribution in [0.15, 0.2) is 23.3 Å². The van der Waals surface area contributed by atoms with Crippen molar-refractivity contribution in [2.75, 3.05) is 0 Å². The summed E-state index contributed by atoms with van der Waals surface area (Å²) in [7, 11) is 0. The second kappa shape index (κ2) is 8.10. The molecule has 0 aliphatic carbocycles. The zero-order valence-corrected chi connectivity index (χ0v) is 9.69. The van der Waals surface area contributed by atoms with Gasteiger partial charge in [0.25, 0.3) is 0 Å². The molecule has 0 fully saturated rings. The monoisotopic (exact) mass is 180 g/mol. The van der Waals surface area contributed by atoms with Crippen LogP contribution in [-0.2, 0) is 0 Å². The van der Waals surface area contributed by atoms with Crippen molar-refractivity contribution in [3.8, 4) is 0 Å². The van der Waals surface area contributed by atoms with Crippen LogP contribution in [0.2, 0.25) is 0 Å². The lowest BCUT2D eigenvalue weighted by molar-refractivity contribution is 0.775. The van der Waals surface area contributed by atoms with Gasteiger partial charge in [-0.05, 0) is 44.3 Å².